The van der Waals surface area contributed by atoms with Crippen LogP contribution in [0, 0.1) is 5.92 Å². The third-order valence-electron chi connectivity index (χ3n) is 4.52. The van der Waals surface area contributed by atoms with Crippen molar-refractivity contribution in [3.05, 3.63) is 42.5 Å². The third-order valence-corrected chi connectivity index (χ3v) is 6.47. The van der Waals surface area contributed by atoms with Crippen LogP contribution in [0.1, 0.15) is 19.8 Å². The average molecular weight is 355 g/mol. The topological polar surface area (TPSA) is 63.4 Å². The predicted molar refractivity (Wildman–Crippen MR) is 96.3 cm³/mol. The van der Waals surface area contributed by atoms with Crippen molar-refractivity contribution in [3.8, 4) is 0 Å². The van der Waals surface area contributed by atoms with Crippen molar-refractivity contribution in [2.24, 2.45) is 11.7 Å². The van der Waals surface area contributed by atoms with Gasteiger partial charge in [-0.05, 0) is 41.7 Å². The first-order valence-corrected chi connectivity index (χ1v) is 9.17. The summed E-state index contributed by atoms with van der Waals surface area (Å²) in [7, 11) is -3.48. The van der Waals surface area contributed by atoms with Crippen molar-refractivity contribution in [2.45, 2.75) is 30.7 Å². The summed E-state index contributed by atoms with van der Waals surface area (Å²) in [5.74, 6) is 0.525. The zero-order valence-electron chi connectivity index (χ0n) is 13.2. The van der Waals surface area contributed by atoms with Crippen LogP contribution >= 0.6 is 12.4 Å². The SMILES string of the molecule is CC1CCN(S(=O)(=O)c2ccc3ccccc3c2)C(CN)C1.Cl. The molecule has 6 heteroatoms. The van der Waals surface area contributed by atoms with E-state index in [-0.39, 0.29) is 18.4 Å². The van der Waals surface area contributed by atoms with Gasteiger partial charge >= 0.3 is 0 Å². The van der Waals surface area contributed by atoms with Gasteiger partial charge in [0, 0.05) is 19.1 Å². The molecule has 4 nitrogen and oxygen atoms in total. The molecule has 126 valence electrons. The number of nitrogens with zero attached hydrogens (tertiary/aromatic N) is 1. The van der Waals surface area contributed by atoms with E-state index in [1.807, 2.05) is 30.3 Å². The Morgan fingerprint density at radius 1 is 1.17 bits per heavy atom. The molecule has 2 atom stereocenters. The van der Waals surface area contributed by atoms with Crippen LogP contribution in [-0.2, 0) is 10.0 Å². The minimum Gasteiger partial charge on any atom is -0.329 e. The number of piperidine rings is 1. The Balaban J connectivity index is 0.00000192. The summed E-state index contributed by atoms with van der Waals surface area (Å²) >= 11 is 0. The van der Waals surface area contributed by atoms with Crippen molar-refractivity contribution in [1.29, 1.82) is 0 Å². The molecule has 1 aliphatic heterocycles. The maximum Gasteiger partial charge on any atom is 0.243 e. The van der Waals surface area contributed by atoms with Gasteiger partial charge in [-0.1, -0.05) is 37.3 Å². The molecule has 0 aromatic heterocycles. The van der Waals surface area contributed by atoms with Gasteiger partial charge in [-0.15, -0.1) is 12.4 Å². The van der Waals surface area contributed by atoms with Gasteiger partial charge in [0.2, 0.25) is 10.0 Å². The van der Waals surface area contributed by atoms with E-state index in [2.05, 4.69) is 6.92 Å². The predicted octanol–water partition coefficient (Wildman–Crippen LogP) is 3.01. The van der Waals surface area contributed by atoms with Crippen LogP contribution in [0.4, 0.5) is 0 Å². The summed E-state index contributed by atoms with van der Waals surface area (Å²) in [6, 6.07) is 13.0. The molecule has 0 aliphatic carbocycles. The van der Waals surface area contributed by atoms with Gasteiger partial charge in [-0.2, -0.15) is 4.31 Å². The molecule has 1 aliphatic rings. The first-order valence-electron chi connectivity index (χ1n) is 7.73. The molecule has 0 amide bonds. The highest BCUT2D eigenvalue weighted by Crippen LogP contribution is 2.29. The normalized spacial score (nSPS) is 22.7. The second kappa shape index (κ2) is 7.18. The van der Waals surface area contributed by atoms with Gasteiger partial charge in [0.05, 0.1) is 4.90 Å². The summed E-state index contributed by atoms with van der Waals surface area (Å²) in [5, 5.41) is 1.99. The Hall–Kier alpha value is -1.14. The maximum absolute atomic E-state index is 13.0. The van der Waals surface area contributed by atoms with E-state index in [0.717, 1.165) is 23.6 Å². The molecule has 0 saturated carbocycles. The lowest BCUT2D eigenvalue weighted by atomic mass is 9.94. The molecule has 1 heterocycles. The number of hydrogen-bond donors (Lipinski definition) is 1. The zero-order valence-corrected chi connectivity index (χ0v) is 14.8. The quantitative estimate of drug-likeness (QED) is 0.921. The molecular weight excluding hydrogens is 332 g/mol. The molecule has 0 radical (unpaired) electrons. The number of benzene rings is 2. The lowest BCUT2D eigenvalue weighted by molar-refractivity contribution is 0.211. The standard InChI is InChI=1S/C17H22N2O2S.ClH/c1-13-8-9-19(16(10-13)12-18)22(20,21)17-7-6-14-4-2-3-5-15(14)11-17;/h2-7,11,13,16H,8-10,12,18H2,1H3;1H. The fraction of sp³-hybridized carbons (Fsp3) is 0.412. The van der Waals surface area contributed by atoms with Crippen LogP contribution in [0.3, 0.4) is 0 Å². The summed E-state index contributed by atoms with van der Waals surface area (Å²) in [5.41, 5.74) is 5.82. The van der Waals surface area contributed by atoms with Gasteiger partial charge in [-0.25, -0.2) is 8.42 Å². The van der Waals surface area contributed by atoms with Crippen molar-refractivity contribution >= 4 is 33.2 Å². The molecule has 2 N–H and O–H groups in total. The van der Waals surface area contributed by atoms with Gasteiger partial charge < -0.3 is 5.73 Å². The summed E-state index contributed by atoms with van der Waals surface area (Å²) in [4.78, 5) is 0.360. The number of sulfonamides is 1. The second-order valence-corrected chi connectivity index (χ2v) is 8.03. The zero-order chi connectivity index (χ0) is 15.7. The minimum absolute atomic E-state index is 0. The molecule has 1 saturated heterocycles. The molecule has 2 aromatic carbocycles. The number of halogens is 1. The van der Waals surface area contributed by atoms with E-state index < -0.39 is 10.0 Å². The number of hydrogen-bond acceptors (Lipinski definition) is 3. The Labute approximate surface area is 144 Å². The van der Waals surface area contributed by atoms with E-state index in [1.54, 1.807) is 16.4 Å². The smallest absolute Gasteiger partial charge is 0.243 e. The van der Waals surface area contributed by atoms with Crippen LogP contribution in [0.15, 0.2) is 47.4 Å². The van der Waals surface area contributed by atoms with Crippen LogP contribution in [0.5, 0.6) is 0 Å². The van der Waals surface area contributed by atoms with E-state index >= 15 is 0 Å². The highest BCUT2D eigenvalue weighted by Gasteiger charge is 2.34. The van der Waals surface area contributed by atoms with Gasteiger partial charge in [0.25, 0.3) is 0 Å². The molecule has 0 bridgehead atoms. The number of nitrogens with two attached hydrogens (primary N) is 1. The summed E-state index contributed by atoms with van der Waals surface area (Å²) < 4.78 is 27.5. The molecule has 2 aromatic rings. The lowest BCUT2D eigenvalue weighted by Crippen LogP contribution is -2.49. The Kier molecular flexibility index (Phi) is 5.68. The van der Waals surface area contributed by atoms with Crippen LogP contribution in [0.25, 0.3) is 10.8 Å². The molecule has 0 spiro atoms. The molecule has 23 heavy (non-hydrogen) atoms. The highest BCUT2D eigenvalue weighted by atomic mass is 35.5. The summed E-state index contributed by atoms with van der Waals surface area (Å²) in [6.45, 7) is 3.08. The average Bonchev–Trinajstić information content (AvgIpc) is 2.54. The van der Waals surface area contributed by atoms with Crippen molar-refractivity contribution in [2.75, 3.05) is 13.1 Å². The number of fused-ring (bicyclic) bond motifs is 1. The molecule has 2 unspecified atom stereocenters. The van der Waals surface area contributed by atoms with E-state index in [4.69, 9.17) is 5.73 Å². The largest absolute Gasteiger partial charge is 0.329 e. The summed E-state index contributed by atoms with van der Waals surface area (Å²) in [6.07, 6.45) is 1.73. The first kappa shape index (κ1) is 18.2. The highest BCUT2D eigenvalue weighted by molar-refractivity contribution is 7.89. The van der Waals surface area contributed by atoms with Gasteiger partial charge in [-0.3, -0.25) is 0 Å². The van der Waals surface area contributed by atoms with E-state index in [1.165, 1.54) is 0 Å². The monoisotopic (exact) mass is 354 g/mol. The minimum atomic E-state index is -3.48. The van der Waals surface area contributed by atoms with Crippen LogP contribution in [-0.4, -0.2) is 31.9 Å². The van der Waals surface area contributed by atoms with Crippen LogP contribution in [0.2, 0.25) is 0 Å². The Morgan fingerprint density at radius 3 is 2.57 bits per heavy atom. The van der Waals surface area contributed by atoms with Gasteiger partial charge in [0.15, 0.2) is 0 Å². The fourth-order valence-corrected chi connectivity index (χ4v) is 4.92. The first-order chi connectivity index (χ1) is 10.5. The molecular formula is C17H23ClN2O2S. The van der Waals surface area contributed by atoms with Crippen molar-refractivity contribution in [1.82, 2.24) is 4.31 Å². The van der Waals surface area contributed by atoms with E-state index in [9.17, 15) is 8.42 Å². The number of rotatable bonds is 3. The Bertz CT molecular complexity index is 779. The second-order valence-electron chi connectivity index (χ2n) is 6.14. The van der Waals surface area contributed by atoms with Gasteiger partial charge in [0.1, 0.15) is 0 Å². The molecule has 1 fully saturated rings. The van der Waals surface area contributed by atoms with Crippen molar-refractivity contribution < 1.29 is 8.42 Å². The third kappa shape index (κ3) is 3.53. The fourth-order valence-electron chi connectivity index (χ4n) is 3.22. The molecule has 3 rings (SSSR count). The Morgan fingerprint density at radius 2 is 1.87 bits per heavy atom. The van der Waals surface area contributed by atoms with Crippen LogP contribution < -0.4 is 5.73 Å². The van der Waals surface area contributed by atoms with Crippen molar-refractivity contribution in [3.63, 3.8) is 0 Å². The maximum atomic E-state index is 13.0. The van der Waals surface area contributed by atoms with E-state index in [0.29, 0.717) is 23.9 Å². The lowest BCUT2D eigenvalue weighted by Gasteiger charge is -2.36.